The SMILES string of the molecule is C=C(C)C(=O)OC=COc1ccc(C=C(C)c2cc(OC(=O)C(=C)C)c3cc4cc(OC(=O)C(=C)C)ccc4c(OC(=O)C(=C)C)c3c2)cc1F. The maximum Gasteiger partial charge on any atom is 0.338 e. The Kier molecular flexibility index (Phi) is 11.5. The summed E-state index contributed by atoms with van der Waals surface area (Å²) in [6.45, 7) is 22.2. The summed E-state index contributed by atoms with van der Waals surface area (Å²) in [4.78, 5) is 49.5. The summed E-state index contributed by atoms with van der Waals surface area (Å²) in [5.74, 6) is -2.97. The molecule has 0 aliphatic heterocycles. The Hall–Kier alpha value is -6.55. The Bertz CT molecular complexity index is 2240. The molecule has 0 fully saturated rings. The molecular weight excluding hydrogens is 655 g/mol. The number of hydrogen-bond acceptors (Lipinski definition) is 9. The highest BCUT2D eigenvalue weighted by atomic mass is 19.1. The second-order valence-electron chi connectivity index (χ2n) is 11.8. The van der Waals surface area contributed by atoms with Crippen LogP contribution in [-0.2, 0) is 23.9 Å². The lowest BCUT2D eigenvalue weighted by molar-refractivity contribution is -0.134. The summed E-state index contributed by atoms with van der Waals surface area (Å²) < 4.78 is 42.1. The Balaban J connectivity index is 1.86. The molecular formula is C41H35FO9. The van der Waals surface area contributed by atoms with Crippen molar-refractivity contribution in [3.8, 4) is 23.0 Å². The third-order valence-electron chi connectivity index (χ3n) is 7.18. The van der Waals surface area contributed by atoms with Crippen LogP contribution in [0.4, 0.5) is 4.39 Å². The smallest absolute Gasteiger partial charge is 0.338 e. The second kappa shape index (κ2) is 15.8. The van der Waals surface area contributed by atoms with Crippen LogP contribution in [0, 0.1) is 5.82 Å². The van der Waals surface area contributed by atoms with Gasteiger partial charge in [0.05, 0.1) is 0 Å². The van der Waals surface area contributed by atoms with Crippen LogP contribution in [0.25, 0.3) is 33.2 Å². The van der Waals surface area contributed by atoms with Crippen LogP contribution in [0.1, 0.15) is 45.7 Å². The molecule has 0 spiro atoms. The average Bonchev–Trinajstić information content (AvgIpc) is 3.06. The highest BCUT2D eigenvalue weighted by Gasteiger charge is 2.20. The van der Waals surface area contributed by atoms with Crippen LogP contribution in [-0.4, -0.2) is 23.9 Å². The summed E-state index contributed by atoms with van der Waals surface area (Å²) >= 11 is 0. The van der Waals surface area contributed by atoms with Crippen LogP contribution in [0.15, 0.2) is 116 Å². The Morgan fingerprint density at radius 2 is 1.24 bits per heavy atom. The van der Waals surface area contributed by atoms with Crippen molar-refractivity contribution in [1.29, 1.82) is 0 Å². The molecule has 0 saturated heterocycles. The van der Waals surface area contributed by atoms with Gasteiger partial charge in [-0.05, 0) is 105 Å². The summed E-state index contributed by atoms with van der Waals surface area (Å²) in [7, 11) is 0. The predicted molar refractivity (Wildman–Crippen MR) is 193 cm³/mol. The lowest BCUT2D eigenvalue weighted by atomic mass is 9.96. The van der Waals surface area contributed by atoms with Crippen LogP contribution < -0.4 is 18.9 Å². The number of rotatable bonds is 12. The summed E-state index contributed by atoms with van der Waals surface area (Å²) in [5, 5.41) is 1.81. The normalized spacial score (nSPS) is 11.2. The predicted octanol–water partition coefficient (Wildman–Crippen LogP) is 9.11. The summed E-state index contributed by atoms with van der Waals surface area (Å²) in [5.41, 5.74) is 2.34. The Labute approximate surface area is 294 Å². The number of hydrogen-bond donors (Lipinski definition) is 0. The van der Waals surface area contributed by atoms with E-state index in [-0.39, 0.29) is 45.3 Å². The largest absolute Gasteiger partial charge is 0.459 e. The van der Waals surface area contributed by atoms with Gasteiger partial charge in [-0.25, -0.2) is 23.6 Å². The standard InChI is InChI=1S/C41H35FO9/c1-22(2)38(43)48-15-14-47-35-13-10-27(17-34(35)42)16-26(9)28-19-33-32(36(21-28)50-40(45)24(5)6)20-29-18-30(49-39(44)23(3)4)11-12-31(29)37(33)51-41(46)25(7)8/h10-21H,1,3,5,7H2,2,4,6,8-9H3. The molecule has 0 aliphatic rings. The van der Waals surface area contributed by atoms with E-state index in [1.807, 2.05) is 0 Å². The molecule has 0 radical (unpaired) electrons. The first-order valence-electron chi connectivity index (χ1n) is 15.4. The van der Waals surface area contributed by atoms with Gasteiger partial charge in [-0.1, -0.05) is 38.5 Å². The van der Waals surface area contributed by atoms with Crippen LogP contribution in [0.3, 0.4) is 0 Å². The molecule has 260 valence electrons. The number of carbonyl (C=O) groups is 4. The molecule has 9 nitrogen and oxygen atoms in total. The number of halogens is 1. The van der Waals surface area contributed by atoms with E-state index in [1.165, 1.54) is 39.8 Å². The van der Waals surface area contributed by atoms with Gasteiger partial charge < -0.3 is 23.7 Å². The molecule has 4 rings (SSSR count). The highest BCUT2D eigenvalue weighted by molar-refractivity contribution is 6.11. The average molecular weight is 691 g/mol. The topological polar surface area (TPSA) is 114 Å². The van der Waals surface area contributed by atoms with Gasteiger partial charge in [0, 0.05) is 38.5 Å². The fraction of sp³-hybridized carbons (Fsp3) is 0.122. The van der Waals surface area contributed by atoms with E-state index < -0.39 is 29.7 Å². The quantitative estimate of drug-likeness (QED) is 0.0359. The number of esters is 4. The minimum absolute atomic E-state index is 0.111. The maximum absolute atomic E-state index is 15.0. The van der Waals surface area contributed by atoms with Gasteiger partial charge in [0.2, 0.25) is 0 Å². The number of carbonyl (C=O) groups excluding carboxylic acids is 4. The first kappa shape index (κ1) is 37.3. The number of fused-ring (bicyclic) bond motifs is 2. The van der Waals surface area contributed by atoms with Crippen molar-refractivity contribution in [2.24, 2.45) is 0 Å². The monoisotopic (exact) mass is 690 g/mol. The molecule has 51 heavy (non-hydrogen) atoms. The number of benzene rings is 4. The van der Waals surface area contributed by atoms with Crippen molar-refractivity contribution in [2.45, 2.75) is 34.6 Å². The van der Waals surface area contributed by atoms with Crippen LogP contribution >= 0.6 is 0 Å². The fourth-order valence-electron chi connectivity index (χ4n) is 4.50. The summed E-state index contributed by atoms with van der Waals surface area (Å²) in [6.07, 6.45) is 3.71. The number of allylic oxidation sites excluding steroid dienone is 1. The van der Waals surface area contributed by atoms with Crippen molar-refractivity contribution in [2.75, 3.05) is 0 Å². The molecule has 4 aromatic carbocycles. The van der Waals surface area contributed by atoms with Gasteiger partial charge in [-0.2, -0.15) is 0 Å². The van der Waals surface area contributed by atoms with Gasteiger partial charge >= 0.3 is 23.9 Å². The van der Waals surface area contributed by atoms with Gasteiger partial charge in [0.1, 0.15) is 29.8 Å². The van der Waals surface area contributed by atoms with E-state index in [2.05, 4.69) is 26.3 Å². The Morgan fingerprint density at radius 3 is 1.86 bits per heavy atom. The van der Waals surface area contributed by atoms with E-state index in [0.717, 1.165) is 12.5 Å². The molecule has 0 N–H and O–H groups in total. The first-order valence-corrected chi connectivity index (χ1v) is 15.4. The van der Waals surface area contributed by atoms with Crippen molar-refractivity contribution in [1.82, 2.24) is 0 Å². The van der Waals surface area contributed by atoms with Crippen LogP contribution in [0.2, 0.25) is 0 Å². The van der Waals surface area contributed by atoms with E-state index in [0.29, 0.717) is 38.2 Å². The van der Waals surface area contributed by atoms with Crippen molar-refractivity contribution in [3.05, 3.63) is 133 Å². The first-order chi connectivity index (χ1) is 24.0. The van der Waals surface area contributed by atoms with Crippen LogP contribution in [0.5, 0.6) is 23.0 Å². The molecule has 0 atom stereocenters. The van der Waals surface area contributed by atoms with E-state index in [9.17, 15) is 23.6 Å². The molecule has 0 amide bonds. The van der Waals surface area contributed by atoms with Gasteiger partial charge in [0.25, 0.3) is 0 Å². The lowest BCUT2D eigenvalue weighted by Crippen LogP contribution is -2.11. The zero-order valence-electron chi connectivity index (χ0n) is 28.8. The molecule has 0 aliphatic carbocycles. The Morgan fingerprint density at radius 1 is 0.608 bits per heavy atom. The molecule has 0 aromatic heterocycles. The van der Waals surface area contributed by atoms with Gasteiger partial charge in [0.15, 0.2) is 11.6 Å². The molecule has 0 saturated carbocycles. The molecule has 4 aromatic rings. The third-order valence-corrected chi connectivity index (χ3v) is 7.18. The molecule has 0 heterocycles. The maximum atomic E-state index is 15.0. The van der Waals surface area contributed by atoms with Crippen molar-refractivity contribution >= 4 is 57.1 Å². The van der Waals surface area contributed by atoms with E-state index >= 15 is 0 Å². The molecule has 10 heteroatoms. The van der Waals surface area contributed by atoms with Gasteiger partial charge in [-0.3, -0.25) is 0 Å². The zero-order chi connectivity index (χ0) is 37.6. The minimum atomic E-state index is -0.694. The van der Waals surface area contributed by atoms with Gasteiger partial charge in [-0.15, -0.1) is 0 Å². The highest BCUT2D eigenvalue weighted by Crippen LogP contribution is 2.42. The molecule has 0 unspecified atom stereocenters. The summed E-state index contributed by atoms with van der Waals surface area (Å²) in [6, 6.07) is 14.1. The third kappa shape index (κ3) is 9.12. The van der Waals surface area contributed by atoms with E-state index in [1.54, 1.807) is 55.5 Å². The lowest BCUT2D eigenvalue weighted by Gasteiger charge is -2.17. The molecule has 0 bridgehead atoms. The van der Waals surface area contributed by atoms with Crippen molar-refractivity contribution < 1.29 is 47.3 Å². The van der Waals surface area contributed by atoms with E-state index in [4.69, 9.17) is 23.7 Å². The zero-order valence-corrected chi connectivity index (χ0v) is 28.8. The minimum Gasteiger partial charge on any atom is -0.459 e. The van der Waals surface area contributed by atoms with Crippen molar-refractivity contribution in [3.63, 3.8) is 0 Å². The fourth-order valence-corrected chi connectivity index (χ4v) is 4.50. The number of ether oxygens (including phenoxy) is 5. The second-order valence-corrected chi connectivity index (χ2v) is 11.8.